The molecule has 0 bridgehead atoms. The Labute approximate surface area is 207 Å². The number of anilines is 1. The van der Waals surface area contributed by atoms with Crippen LogP contribution in [0.25, 0.3) is 22.5 Å². The summed E-state index contributed by atoms with van der Waals surface area (Å²) in [5.74, 6) is -0.779. The van der Waals surface area contributed by atoms with Crippen LogP contribution in [0.15, 0.2) is 65.6 Å². The van der Waals surface area contributed by atoms with Gasteiger partial charge in [0.15, 0.2) is 0 Å². The van der Waals surface area contributed by atoms with Crippen molar-refractivity contribution in [2.75, 3.05) is 18.5 Å². The van der Waals surface area contributed by atoms with Gasteiger partial charge in [-0.15, -0.1) is 0 Å². The third kappa shape index (κ3) is 4.00. The number of rotatable bonds is 5. The third-order valence-corrected chi connectivity index (χ3v) is 6.76. The van der Waals surface area contributed by atoms with Gasteiger partial charge in [-0.1, -0.05) is 36.4 Å². The van der Waals surface area contributed by atoms with Crippen molar-refractivity contribution in [1.29, 1.82) is 0 Å². The van der Waals surface area contributed by atoms with Gasteiger partial charge >= 0.3 is 0 Å². The number of nitrogens with zero attached hydrogens (tertiary/aromatic N) is 4. The largest absolute Gasteiger partial charge is 0.350 e. The van der Waals surface area contributed by atoms with Gasteiger partial charge in [0, 0.05) is 12.7 Å². The Bertz CT molecular complexity index is 1470. The molecule has 4 heterocycles. The molecule has 4 aromatic rings. The van der Waals surface area contributed by atoms with E-state index in [4.69, 9.17) is 14.5 Å². The average Bonchev–Trinajstić information content (AvgIpc) is 3.37. The van der Waals surface area contributed by atoms with E-state index in [2.05, 4.69) is 29.4 Å². The molecule has 36 heavy (non-hydrogen) atoms. The van der Waals surface area contributed by atoms with Crippen LogP contribution in [0.5, 0.6) is 0 Å². The smallest absolute Gasteiger partial charge is 0.275 e. The summed E-state index contributed by atoms with van der Waals surface area (Å²) < 4.78 is 29.2. The number of ether oxygens (including phenoxy) is 2. The molecule has 184 valence electrons. The zero-order valence-electron chi connectivity index (χ0n) is 19.9. The van der Waals surface area contributed by atoms with Crippen LogP contribution in [0, 0.1) is 12.7 Å². The number of fused-ring (bicyclic) bond motifs is 1. The molecule has 1 N–H and O–H groups in total. The first-order valence-corrected chi connectivity index (χ1v) is 12.0. The fourth-order valence-electron chi connectivity index (χ4n) is 4.91. The van der Waals surface area contributed by atoms with Crippen molar-refractivity contribution in [3.63, 3.8) is 0 Å². The van der Waals surface area contributed by atoms with Crippen LogP contribution in [0.2, 0.25) is 0 Å². The Morgan fingerprint density at radius 2 is 1.78 bits per heavy atom. The molecule has 2 aromatic heterocycles. The Balaban J connectivity index is 1.42. The maximum absolute atomic E-state index is 13.7. The summed E-state index contributed by atoms with van der Waals surface area (Å²) >= 11 is 0. The molecule has 2 aliphatic heterocycles. The minimum atomic E-state index is -0.869. The van der Waals surface area contributed by atoms with E-state index >= 15 is 0 Å². The topological polar surface area (TPSA) is 83.2 Å². The van der Waals surface area contributed by atoms with Gasteiger partial charge in [0.05, 0.1) is 43.3 Å². The van der Waals surface area contributed by atoms with Crippen molar-refractivity contribution in [1.82, 2.24) is 19.3 Å². The highest BCUT2D eigenvalue weighted by atomic mass is 19.1. The predicted molar refractivity (Wildman–Crippen MR) is 133 cm³/mol. The monoisotopic (exact) mass is 487 g/mol. The summed E-state index contributed by atoms with van der Waals surface area (Å²) in [6, 6.07) is 15.9. The highest BCUT2D eigenvalue weighted by Gasteiger charge is 2.44. The number of nitrogens with one attached hydrogen (secondary N) is 1. The molecule has 0 aliphatic carbocycles. The summed E-state index contributed by atoms with van der Waals surface area (Å²) in [5, 5.41) is 3.29. The Hall–Kier alpha value is -3.82. The SMILES string of the molecule is Cc1ccccc1CNc1nccc(-c2c(-c3ccc(F)cc3)c(=O)n3n2CC2(C3)OCCCO2)n1. The molecule has 8 nitrogen and oxygen atoms in total. The van der Waals surface area contributed by atoms with Crippen LogP contribution >= 0.6 is 0 Å². The van der Waals surface area contributed by atoms with Crippen molar-refractivity contribution in [2.45, 2.75) is 38.8 Å². The lowest BCUT2D eigenvalue weighted by Crippen LogP contribution is -2.43. The van der Waals surface area contributed by atoms with Gasteiger partial charge in [-0.25, -0.2) is 19.0 Å². The molecular weight excluding hydrogens is 461 g/mol. The molecule has 0 unspecified atom stereocenters. The molecule has 2 aromatic carbocycles. The molecule has 2 aliphatic rings. The molecule has 9 heteroatoms. The van der Waals surface area contributed by atoms with Crippen molar-refractivity contribution < 1.29 is 13.9 Å². The summed E-state index contributed by atoms with van der Waals surface area (Å²) in [5.41, 5.74) is 4.42. The van der Waals surface area contributed by atoms with Gasteiger partial charge < -0.3 is 14.8 Å². The van der Waals surface area contributed by atoms with Crippen molar-refractivity contribution in [2.24, 2.45) is 0 Å². The molecule has 1 spiro atoms. The minimum absolute atomic E-state index is 0.195. The Morgan fingerprint density at radius 1 is 1.03 bits per heavy atom. The lowest BCUT2D eigenvalue weighted by molar-refractivity contribution is -0.267. The first kappa shape index (κ1) is 22.6. The first-order chi connectivity index (χ1) is 17.5. The van der Waals surface area contributed by atoms with E-state index in [1.54, 1.807) is 29.1 Å². The van der Waals surface area contributed by atoms with E-state index in [0.717, 1.165) is 12.0 Å². The van der Waals surface area contributed by atoms with E-state index in [1.807, 2.05) is 16.8 Å². The van der Waals surface area contributed by atoms with Gasteiger partial charge in [-0.2, -0.15) is 0 Å². The minimum Gasteiger partial charge on any atom is -0.350 e. The Morgan fingerprint density at radius 3 is 2.56 bits per heavy atom. The number of benzene rings is 2. The second kappa shape index (κ2) is 9.00. The maximum atomic E-state index is 13.7. The standard InChI is InChI=1S/C27H26FN5O3/c1-18-5-2-3-6-20(18)15-30-26-29-12-11-22(31-26)24-23(19-7-9-21(28)10-8-19)25(34)33-17-27(16-32(24)33)35-13-4-14-36-27/h2-3,5-12H,4,13-17H2,1H3,(H,29,30,31). The second-order valence-electron chi connectivity index (χ2n) is 9.16. The predicted octanol–water partition coefficient (Wildman–Crippen LogP) is 3.98. The van der Waals surface area contributed by atoms with E-state index in [0.29, 0.717) is 54.8 Å². The van der Waals surface area contributed by atoms with E-state index in [9.17, 15) is 9.18 Å². The van der Waals surface area contributed by atoms with Crippen LogP contribution in [0.4, 0.5) is 10.3 Å². The van der Waals surface area contributed by atoms with Crippen molar-refractivity contribution in [3.05, 3.63) is 88.1 Å². The molecule has 0 atom stereocenters. The molecule has 6 rings (SSSR count). The summed E-state index contributed by atoms with van der Waals surface area (Å²) in [6.45, 7) is 4.43. The number of halogens is 1. The maximum Gasteiger partial charge on any atom is 0.275 e. The zero-order valence-corrected chi connectivity index (χ0v) is 19.9. The molecule has 0 radical (unpaired) electrons. The van der Waals surface area contributed by atoms with E-state index < -0.39 is 5.79 Å². The highest BCUT2D eigenvalue weighted by Crippen LogP contribution is 2.36. The molecule has 0 saturated carbocycles. The molecule has 0 amide bonds. The lowest BCUT2D eigenvalue weighted by atomic mass is 10.0. The first-order valence-electron chi connectivity index (χ1n) is 12.0. The number of hydrogen-bond donors (Lipinski definition) is 1. The number of aryl methyl sites for hydroxylation is 1. The van der Waals surface area contributed by atoms with E-state index in [1.165, 1.54) is 17.7 Å². The zero-order chi connectivity index (χ0) is 24.7. The summed E-state index contributed by atoms with van der Waals surface area (Å²) in [7, 11) is 0. The van der Waals surface area contributed by atoms with Gasteiger partial charge in [0.25, 0.3) is 5.56 Å². The van der Waals surface area contributed by atoms with Crippen LogP contribution in [-0.4, -0.2) is 38.3 Å². The summed E-state index contributed by atoms with van der Waals surface area (Å²) in [6.07, 6.45) is 2.49. The van der Waals surface area contributed by atoms with Crippen LogP contribution in [0.1, 0.15) is 17.5 Å². The van der Waals surface area contributed by atoms with Gasteiger partial charge in [0.2, 0.25) is 11.7 Å². The lowest BCUT2D eigenvalue weighted by Gasteiger charge is -2.32. The normalized spacial score (nSPS) is 16.3. The van der Waals surface area contributed by atoms with Gasteiger partial charge in [0.1, 0.15) is 5.82 Å². The van der Waals surface area contributed by atoms with Crippen molar-refractivity contribution >= 4 is 5.95 Å². The molecule has 1 fully saturated rings. The molecular formula is C27H26FN5O3. The van der Waals surface area contributed by atoms with Crippen molar-refractivity contribution in [3.8, 4) is 22.5 Å². The van der Waals surface area contributed by atoms with Crippen LogP contribution in [0.3, 0.4) is 0 Å². The average molecular weight is 488 g/mol. The Kier molecular flexibility index (Phi) is 5.66. The van der Waals surface area contributed by atoms with Crippen LogP contribution < -0.4 is 10.9 Å². The third-order valence-electron chi connectivity index (χ3n) is 6.76. The number of aromatic nitrogens is 4. The fourth-order valence-corrected chi connectivity index (χ4v) is 4.91. The number of hydrogen-bond acceptors (Lipinski definition) is 6. The quantitative estimate of drug-likeness (QED) is 0.459. The van der Waals surface area contributed by atoms with E-state index in [-0.39, 0.29) is 17.9 Å². The summed E-state index contributed by atoms with van der Waals surface area (Å²) in [4.78, 5) is 22.8. The molecule has 1 saturated heterocycles. The van der Waals surface area contributed by atoms with Crippen LogP contribution in [-0.2, 0) is 29.1 Å². The second-order valence-corrected chi connectivity index (χ2v) is 9.16. The van der Waals surface area contributed by atoms with Gasteiger partial charge in [-0.3, -0.25) is 9.48 Å². The fraction of sp³-hybridized carbons (Fsp3) is 0.296. The highest BCUT2D eigenvalue weighted by molar-refractivity contribution is 5.79. The van der Waals surface area contributed by atoms with Gasteiger partial charge in [-0.05, 0) is 48.2 Å².